The van der Waals surface area contributed by atoms with E-state index in [1.54, 1.807) is 0 Å². The average molecular weight is 348 g/mol. The van der Waals surface area contributed by atoms with Crippen LogP contribution in [-0.2, 0) is 4.74 Å². The second-order valence-corrected chi connectivity index (χ2v) is 6.11. The van der Waals surface area contributed by atoms with Crippen LogP contribution in [0.1, 0.15) is 18.9 Å². The molecule has 0 spiro atoms. The van der Waals surface area contributed by atoms with Gasteiger partial charge in [-0.15, -0.1) is 0 Å². The second-order valence-electron chi connectivity index (χ2n) is 6.11. The zero-order valence-electron chi connectivity index (χ0n) is 15.6. The van der Waals surface area contributed by atoms with Crippen molar-refractivity contribution in [1.82, 2.24) is 15.5 Å². The van der Waals surface area contributed by atoms with Crippen LogP contribution in [0.3, 0.4) is 0 Å². The lowest BCUT2D eigenvalue weighted by molar-refractivity contribution is 0.0389. The summed E-state index contributed by atoms with van der Waals surface area (Å²) in [5.74, 6) is 1.84. The van der Waals surface area contributed by atoms with Gasteiger partial charge in [-0.1, -0.05) is 18.2 Å². The molecule has 0 aliphatic carbocycles. The summed E-state index contributed by atoms with van der Waals surface area (Å²) in [4.78, 5) is 7.03. The molecule has 0 aromatic heterocycles. The predicted octanol–water partition coefficient (Wildman–Crippen LogP) is 1.65. The topological polar surface area (TPSA) is 58.1 Å². The largest absolute Gasteiger partial charge is 0.493 e. The molecule has 140 valence electrons. The van der Waals surface area contributed by atoms with Crippen molar-refractivity contribution < 1.29 is 9.47 Å². The van der Waals surface area contributed by atoms with E-state index < -0.39 is 0 Å². The molecule has 2 rings (SSSR count). The maximum absolute atomic E-state index is 5.81. The number of benzene rings is 1. The highest BCUT2D eigenvalue weighted by Gasteiger charge is 2.09. The van der Waals surface area contributed by atoms with E-state index in [-0.39, 0.29) is 0 Å². The van der Waals surface area contributed by atoms with Gasteiger partial charge >= 0.3 is 0 Å². The maximum atomic E-state index is 5.81. The smallest absolute Gasteiger partial charge is 0.191 e. The molecule has 1 aliphatic heterocycles. The first-order valence-corrected chi connectivity index (χ1v) is 9.30. The quantitative estimate of drug-likeness (QED) is 0.404. The summed E-state index contributed by atoms with van der Waals surface area (Å²) < 4.78 is 11.2. The highest BCUT2D eigenvalue weighted by atomic mass is 16.5. The van der Waals surface area contributed by atoms with Crippen LogP contribution in [0.15, 0.2) is 29.3 Å². The van der Waals surface area contributed by atoms with Crippen molar-refractivity contribution in [1.29, 1.82) is 0 Å². The molecule has 1 aromatic rings. The second kappa shape index (κ2) is 11.7. The fraction of sp³-hybridized carbons (Fsp3) is 0.632. The van der Waals surface area contributed by atoms with E-state index >= 15 is 0 Å². The van der Waals surface area contributed by atoms with Crippen LogP contribution in [0.25, 0.3) is 0 Å². The molecule has 2 N–H and O–H groups in total. The zero-order chi connectivity index (χ0) is 17.7. The molecule has 1 aromatic carbocycles. The number of aliphatic imine (C=N–C) groups is 1. The predicted molar refractivity (Wildman–Crippen MR) is 103 cm³/mol. The van der Waals surface area contributed by atoms with Gasteiger partial charge in [-0.3, -0.25) is 9.89 Å². The number of para-hydroxylation sites is 1. The van der Waals surface area contributed by atoms with E-state index in [0.717, 1.165) is 70.6 Å². The number of rotatable bonds is 9. The number of nitrogens with zero attached hydrogens (tertiary/aromatic N) is 2. The minimum absolute atomic E-state index is 0.682. The number of hydrogen-bond donors (Lipinski definition) is 2. The molecule has 1 heterocycles. The molecule has 1 fully saturated rings. The molecule has 0 saturated carbocycles. The Labute approximate surface area is 151 Å². The SMILES string of the molecule is CCNC(=NCCCOc1ccccc1C)NCCN1CCOCC1. The van der Waals surface area contributed by atoms with Gasteiger partial charge in [-0.2, -0.15) is 0 Å². The van der Waals surface area contributed by atoms with Crippen molar-refractivity contribution in [3.8, 4) is 5.75 Å². The molecule has 1 aliphatic rings. The van der Waals surface area contributed by atoms with E-state index in [0.29, 0.717) is 6.61 Å². The van der Waals surface area contributed by atoms with E-state index in [4.69, 9.17) is 9.47 Å². The van der Waals surface area contributed by atoms with Crippen molar-refractivity contribution in [3.63, 3.8) is 0 Å². The molecule has 25 heavy (non-hydrogen) atoms. The Bertz CT molecular complexity index is 516. The normalized spacial score (nSPS) is 15.8. The van der Waals surface area contributed by atoms with E-state index in [9.17, 15) is 0 Å². The summed E-state index contributed by atoms with van der Waals surface area (Å²) in [6, 6.07) is 8.10. The summed E-state index contributed by atoms with van der Waals surface area (Å²) in [6.45, 7) is 12.1. The van der Waals surface area contributed by atoms with Crippen LogP contribution in [0.4, 0.5) is 0 Å². The van der Waals surface area contributed by atoms with Gasteiger partial charge in [-0.25, -0.2) is 0 Å². The fourth-order valence-electron chi connectivity index (χ4n) is 2.65. The minimum Gasteiger partial charge on any atom is -0.493 e. The lowest BCUT2D eigenvalue weighted by Crippen LogP contribution is -2.44. The Morgan fingerprint density at radius 2 is 2.04 bits per heavy atom. The molecule has 0 unspecified atom stereocenters. The molecule has 0 radical (unpaired) electrons. The molecule has 1 saturated heterocycles. The van der Waals surface area contributed by atoms with Gasteiger partial charge in [0.15, 0.2) is 5.96 Å². The third-order valence-electron chi connectivity index (χ3n) is 4.09. The molecule has 0 bridgehead atoms. The highest BCUT2D eigenvalue weighted by Crippen LogP contribution is 2.16. The van der Waals surface area contributed by atoms with Crippen LogP contribution < -0.4 is 15.4 Å². The summed E-state index contributed by atoms with van der Waals surface area (Å²) >= 11 is 0. The Kier molecular flexibility index (Phi) is 9.15. The Hall–Kier alpha value is -1.79. The first-order chi connectivity index (χ1) is 12.3. The number of hydrogen-bond acceptors (Lipinski definition) is 4. The van der Waals surface area contributed by atoms with Gasteiger partial charge in [0.25, 0.3) is 0 Å². The van der Waals surface area contributed by atoms with Crippen LogP contribution in [-0.4, -0.2) is 69.9 Å². The lowest BCUT2D eigenvalue weighted by atomic mass is 10.2. The number of nitrogens with one attached hydrogen (secondary N) is 2. The Morgan fingerprint density at radius 1 is 1.24 bits per heavy atom. The highest BCUT2D eigenvalue weighted by molar-refractivity contribution is 5.79. The number of ether oxygens (including phenoxy) is 2. The molecular formula is C19H32N4O2. The van der Waals surface area contributed by atoms with Gasteiger partial charge in [0.2, 0.25) is 0 Å². The van der Waals surface area contributed by atoms with Crippen LogP contribution in [0.2, 0.25) is 0 Å². The van der Waals surface area contributed by atoms with Gasteiger partial charge in [-0.05, 0) is 25.5 Å². The van der Waals surface area contributed by atoms with Crippen molar-refractivity contribution in [3.05, 3.63) is 29.8 Å². The van der Waals surface area contributed by atoms with E-state index in [2.05, 4.69) is 40.4 Å². The molecule has 6 heteroatoms. The van der Waals surface area contributed by atoms with Crippen molar-refractivity contribution >= 4 is 5.96 Å². The third kappa shape index (κ3) is 7.75. The standard InChI is InChI=1S/C19H32N4O2/c1-3-20-19(22-10-11-23-12-15-24-16-13-23)21-9-6-14-25-18-8-5-4-7-17(18)2/h4-5,7-8H,3,6,9-16H2,1-2H3,(H2,20,21,22). The number of morpholine rings is 1. The summed E-state index contributed by atoms with van der Waals surface area (Å²) in [6.07, 6.45) is 0.897. The Balaban J connectivity index is 1.63. The maximum Gasteiger partial charge on any atom is 0.191 e. The summed E-state index contributed by atoms with van der Waals surface area (Å²) in [5, 5.41) is 6.69. The summed E-state index contributed by atoms with van der Waals surface area (Å²) in [5.41, 5.74) is 1.17. The first-order valence-electron chi connectivity index (χ1n) is 9.30. The van der Waals surface area contributed by atoms with Gasteiger partial charge in [0, 0.05) is 45.7 Å². The monoisotopic (exact) mass is 348 g/mol. The zero-order valence-corrected chi connectivity index (χ0v) is 15.6. The lowest BCUT2D eigenvalue weighted by Gasteiger charge is -2.26. The van der Waals surface area contributed by atoms with Gasteiger partial charge < -0.3 is 20.1 Å². The first kappa shape index (κ1) is 19.5. The van der Waals surface area contributed by atoms with Gasteiger partial charge in [0.1, 0.15) is 5.75 Å². The van der Waals surface area contributed by atoms with Crippen LogP contribution in [0, 0.1) is 6.92 Å². The molecule has 0 amide bonds. The molecule has 6 nitrogen and oxygen atoms in total. The van der Waals surface area contributed by atoms with Gasteiger partial charge in [0.05, 0.1) is 19.8 Å². The van der Waals surface area contributed by atoms with Crippen LogP contribution in [0.5, 0.6) is 5.75 Å². The van der Waals surface area contributed by atoms with E-state index in [1.165, 1.54) is 5.56 Å². The minimum atomic E-state index is 0.682. The van der Waals surface area contributed by atoms with Crippen molar-refractivity contribution in [2.45, 2.75) is 20.3 Å². The third-order valence-corrected chi connectivity index (χ3v) is 4.09. The summed E-state index contributed by atoms with van der Waals surface area (Å²) in [7, 11) is 0. The van der Waals surface area contributed by atoms with Crippen molar-refractivity contribution in [2.24, 2.45) is 4.99 Å². The Morgan fingerprint density at radius 3 is 2.80 bits per heavy atom. The number of guanidine groups is 1. The average Bonchev–Trinajstić information content (AvgIpc) is 2.64. The molecular weight excluding hydrogens is 316 g/mol. The van der Waals surface area contributed by atoms with E-state index in [1.807, 2.05) is 18.2 Å². The fourth-order valence-corrected chi connectivity index (χ4v) is 2.65. The number of aryl methyl sites for hydroxylation is 1. The molecule has 0 atom stereocenters. The van der Waals surface area contributed by atoms with Crippen molar-refractivity contribution in [2.75, 3.05) is 59.1 Å². The van der Waals surface area contributed by atoms with Crippen LogP contribution >= 0.6 is 0 Å².